The molecule has 6 heteroatoms. The Bertz CT molecular complexity index is 289. The van der Waals surface area contributed by atoms with Crippen molar-refractivity contribution in [3.63, 3.8) is 0 Å². The summed E-state index contributed by atoms with van der Waals surface area (Å²) >= 11 is -3.05. The number of imidazole rings is 1. The second kappa shape index (κ2) is 8.73. The van der Waals surface area contributed by atoms with E-state index in [1.165, 1.54) is 12.8 Å². The van der Waals surface area contributed by atoms with E-state index < -0.39 is 14.5 Å². The van der Waals surface area contributed by atoms with Crippen molar-refractivity contribution in [1.82, 2.24) is 4.57 Å². The van der Waals surface area contributed by atoms with Gasteiger partial charge in [-0.05, 0) is 6.42 Å². The monoisotopic (exact) mass is 282 g/mol. The molecule has 15 heavy (non-hydrogen) atoms. The van der Waals surface area contributed by atoms with Crippen molar-refractivity contribution in [3.05, 3.63) is 18.7 Å². The fourth-order valence-corrected chi connectivity index (χ4v) is 0.975. The predicted molar refractivity (Wildman–Crippen MR) is 54.0 cm³/mol. The Morgan fingerprint density at radius 2 is 2.20 bits per heavy atom. The van der Waals surface area contributed by atoms with E-state index in [0.717, 1.165) is 13.7 Å². The van der Waals surface area contributed by atoms with Gasteiger partial charge >= 0.3 is 33.4 Å². The van der Waals surface area contributed by atoms with Crippen LogP contribution in [0.4, 0.5) is 0 Å². The van der Waals surface area contributed by atoms with Crippen molar-refractivity contribution in [3.8, 4) is 0 Å². The molecule has 0 fully saturated rings. The molecule has 0 radical (unpaired) electrons. The summed E-state index contributed by atoms with van der Waals surface area (Å²) in [6.45, 7) is 3.36. The first-order valence-corrected chi connectivity index (χ1v) is 6.84. The summed E-state index contributed by atoms with van der Waals surface area (Å²) in [5.74, 6) is 0. The standard InChI is InChI=1S/C8H15N2.CH4O3Se/c1-3-4-5-10-7-6-9(2)8-10;1-4-5(2)3/h6-8H,3-5H2,1-2H3;1H3,(H,2,3)/q+1;/p-1. The molecule has 5 nitrogen and oxygen atoms in total. The van der Waals surface area contributed by atoms with E-state index in [0.29, 0.717) is 0 Å². The number of unbranched alkanes of at least 4 members (excludes halogenated alkanes) is 1. The Kier molecular flexibility index (Phi) is 8.41. The molecule has 0 aliphatic heterocycles. The molecule has 1 aromatic heterocycles. The maximum atomic E-state index is 9.24. The van der Waals surface area contributed by atoms with Gasteiger partial charge in [-0.25, -0.2) is 9.13 Å². The Balaban J connectivity index is 0.000000336. The number of hydrogen-bond donors (Lipinski definition) is 0. The fraction of sp³-hybridized carbons (Fsp3) is 0.667. The molecule has 0 saturated carbocycles. The molecular weight excluding hydrogens is 263 g/mol. The molecule has 1 rings (SSSR count). The van der Waals surface area contributed by atoms with Gasteiger partial charge in [0.05, 0.1) is 13.6 Å². The molecule has 0 aliphatic carbocycles. The van der Waals surface area contributed by atoms with E-state index >= 15 is 0 Å². The second-order valence-electron chi connectivity index (χ2n) is 3.04. The van der Waals surface area contributed by atoms with Crippen LogP contribution < -0.4 is 8.76 Å². The topological polar surface area (TPSA) is 58.2 Å². The number of rotatable bonds is 4. The summed E-state index contributed by atoms with van der Waals surface area (Å²) < 4.78 is 26.5. The molecule has 0 spiro atoms. The van der Waals surface area contributed by atoms with Gasteiger partial charge in [0.25, 0.3) is 0 Å². The van der Waals surface area contributed by atoms with Gasteiger partial charge in [0.1, 0.15) is 12.4 Å². The second-order valence-corrected chi connectivity index (χ2v) is 4.60. The average molecular weight is 281 g/mol. The summed E-state index contributed by atoms with van der Waals surface area (Å²) in [5, 5.41) is 0. The molecule has 0 amide bonds. The fourth-order valence-electron chi connectivity index (χ4n) is 0.975. The molecule has 88 valence electrons. The van der Waals surface area contributed by atoms with Crippen LogP contribution in [0.2, 0.25) is 0 Å². The summed E-state index contributed by atoms with van der Waals surface area (Å²) in [6.07, 6.45) is 8.82. The van der Waals surface area contributed by atoms with E-state index in [2.05, 4.69) is 38.6 Å². The molecule has 1 atom stereocenters. The van der Waals surface area contributed by atoms with Crippen LogP contribution in [0.15, 0.2) is 18.7 Å². The van der Waals surface area contributed by atoms with Crippen LogP contribution in [0.25, 0.3) is 0 Å². The zero-order chi connectivity index (χ0) is 11.7. The van der Waals surface area contributed by atoms with Gasteiger partial charge in [0.15, 0.2) is 0 Å². The molecule has 0 aliphatic rings. The molecule has 0 saturated heterocycles. The van der Waals surface area contributed by atoms with Crippen molar-refractivity contribution in [1.29, 1.82) is 0 Å². The third-order valence-electron chi connectivity index (χ3n) is 1.73. The van der Waals surface area contributed by atoms with Gasteiger partial charge in [0, 0.05) is 0 Å². The van der Waals surface area contributed by atoms with Gasteiger partial charge in [-0.2, -0.15) is 0 Å². The quantitative estimate of drug-likeness (QED) is 0.553. The number of aromatic nitrogens is 2. The van der Waals surface area contributed by atoms with Crippen LogP contribution in [0.1, 0.15) is 19.8 Å². The first-order chi connectivity index (χ1) is 7.10. The van der Waals surface area contributed by atoms with Crippen molar-refractivity contribution in [2.45, 2.75) is 26.3 Å². The molecular formula is C9H18N2O3Se. The van der Waals surface area contributed by atoms with E-state index in [4.69, 9.17) is 0 Å². The van der Waals surface area contributed by atoms with Gasteiger partial charge in [0.2, 0.25) is 6.33 Å². The predicted octanol–water partition coefficient (Wildman–Crippen LogP) is -0.479. The molecule has 0 N–H and O–H groups in total. The molecule has 1 aromatic rings. The van der Waals surface area contributed by atoms with Crippen molar-refractivity contribution >= 4 is 14.5 Å². The van der Waals surface area contributed by atoms with Crippen molar-refractivity contribution < 1.29 is 16.4 Å². The Morgan fingerprint density at radius 3 is 2.53 bits per heavy atom. The SMILES string of the molecule is CCCCn1cc[n+](C)c1.CO[Se](=O)[O-]. The molecule has 1 heterocycles. The normalized spacial score (nSPS) is 11.7. The third-order valence-corrected chi connectivity index (χ3v) is 2.30. The van der Waals surface area contributed by atoms with Gasteiger partial charge in [-0.15, -0.1) is 0 Å². The van der Waals surface area contributed by atoms with E-state index in [1.807, 2.05) is 7.05 Å². The van der Waals surface area contributed by atoms with Gasteiger partial charge in [-0.3, -0.25) is 0 Å². The molecule has 1 unspecified atom stereocenters. The van der Waals surface area contributed by atoms with Crippen LogP contribution >= 0.6 is 0 Å². The molecule has 0 bridgehead atoms. The summed E-state index contributed by atoms with van der Waals surface area (Å²) in [7, 11) is 3.17. The van der Waals surface area contributed by atoms with Gasteiger partial charge < -0.3 is 0 Å². The van der Waals surface area contributed by atoms with E-state index in [1.54, 1.807) is 0 Å². The Morgan fingerprint density at radius 1 is 1.60 bits per heavy atom. The Labute approximate surface area is 95.0 Å². The van der Waals surface area contributed by atoms with E-state index in [9.17, 15) is 8.02 Å². The van der Waals surface area contributed by atoms with Crippen LogP contribution in [0.3, 0.4) is 0 Å². The maximum absolute atomic E-state index is 9.24. The minimum atomic E-state index is -3.05. The van der Waals surface area contributed by atoms with Gasteiger partial charge in [-0.1, -0.05) is 13.3 Å². The van der Waals surface area contributed by atoms with Crippen LogP contribution in [-0.2, 0) is 21.2 Å². The number of nitrogens with zero attached hydrogens (tertiary/aromatic N) is 2. The van der Waals surface area contributed by atoms with Crippen LogP contribution in [0.5, 0.6) is 0 Å². The number of aryl methyl sites for hydroxylation is 2. The summed E-state index contributed by atoms with van der Waals surface area (Å²) in [4.78, 5) is 0. The Hall–Kier alpha value is -0.551. The minimum absolute atomic E-state index is 1.13. The average Bonchev–Trinajstić information content (AvgIpc) is 2.62. The molecule has 0 aromatic carbocycles. The first kappa shape index (κ1) is 14.4. The summed E-state index contributed by atoms with van der Waals surface area (Å²) in [6, 6.07) is 0. The zero-order valence-corrected chi connectivity index (χ0v) is 11.1. The van der Waals surface area contributed by atoms with Crippen LogP contribution in [-0.4, -0.2) is 26.2 Å². The summed E-state index contributed by atoms with van der Waals surface area (Å²) in [5.41, 5.74) is 0. The van der Waals surface area contributed by atoms with Crippen LogP contribution in [0, 0.1) is 0 Å². The van der Waals surface area contributed by atoms with Crippen molar-refractivity contribution in [2.24, 2.45) is 7.05 Å². The first-order valence-electron chi connectivity index (χ1n) is 4.74. The van der Waals surface area contributed by atoms with Crippen molar-refractivity contribution in [2.75, 3.05) is 7.11 Å². The number of hydrogen-bond acceptors (Lipinski definition) is 3. The van der Waals surface area contributed by atoms with E-state index in [-0.39, 0.29) is 0 Å². The zero-order valence-electron chi connectivity index (χ0n) is 9.38. The third kappa shape index (κ3) is 8.44.